The van der Waals surface area contributed by atoms with Crippen LogP contribution in [0.1, 0.15) is 37.8 Å². The molecule has 3 aliphatic carbocycles. The number of benzene rings is 1. The minimum atomic E-state index is 0. The molecule has 3 atom stereocenters. The Morgan fingerprint density at radius 2 is 1.71 bits per heavy atom. The molecule has 4 rings (SSSR count). The number of hydrogen-bond donors (Lipinski definition) is 0. The third-order valence-electron chi connectivity index (χ3n) is 6.02. The van der Waals surface area contributed by atoms with Crippen molar-refractivity contribution in [1.82, 2.24) is 0 Å². The Hall–Kier alpha value is -0.450. The fourth-order valence-corrected chi connectivity index (χ4v) is 3.88. The maximum absolute atomic E-state index is 5.33. The van der Waals surface area contributed by atoms with Crippen LogP contribution in [0.4, 0.5) is 0 Å². The molecule has 1 saturated carbocycles. The molecular weight excluding hydrogens is 478 g/mol. The van der Waals surface area contributed by atoms with Gasteiger partial charge in [0.2, 0.25) is 0 Å². The summed E-state index contributed by atoms with van der Waals surface area (Å²) < 4.78 is 14.9. The quantitative estimate of drug-likeness (QED) is 0.200. The van der Waals surface area contributed by atoms with Crippen LogP contribution in [0, 0.1) is 63.9 Å². The van der Waals surface area contributed by atoms with Crippen molar-refractivity contribution in [3.05, 3.63) is 69.2 Å². The van der Waals surface area contributed by atoms with Crippen molar-refractivity contribution < 1.29 is 47.5 Å². The second-order valence-corrected chi connectivity index (χ2v) is 8.04. The van der Waals surface area contributed by atoms with Gasteiger partial charge < -0.3 is 35.0 Å². The first-order valence-electron chi connectivity index (χ1n) is 10.4. The zero-order valence-corrected chi connectivity index (χ0v) is 21.5. The van der Waals surface area contributed by atoms with Crippen molar-refractivity contribution >= 4 is 0 Å². The van der Waals surface area contributed by atoms with Gasteiger partial charge >= 0.3 is 0 Å². The second kappa shape index (κ2) is 17.1. The van der Waals surface area contributed by atoms with Gasteiger partial charge in [-0.25, -0.2) is 0 Å². The van der Waals surface area contributed by atoms with E-state index < -0.39 is 0 Å². The Balaban J connectivity index is 0. The maximum atomic E-state index is 5.33. The number of ether oxygens (including phenoxy) is 3. The normalized spacial score (nSPS) is 21.6. The van der Waals surface area contributed by atoms with Gasteiger partial charge in [0.1, 0.15) is 0 Å². The van der Waals surface area contributed by atoms with Gasteiger partial charge in [-0.2, -0.15) is 24.1 Å². The van der Waals surface area contributed by atoms with Gasteiger partial charge in [-0.1, -0.05) is 52.7 Å². The standard InChI is InChI=1S/C13H21O.C9H10O.C4H8O.Co.Ni/c1-4-14-8-7-10-5-6-11-9-12(10)13(11,2)3;1-7-4-5-9(10-3)6-8(7)2;1-3-5-4-2;;/h5-6,10-12H,1,4,7-9H2,2-3H3;4,6H,2H2,1,3H3;1-4H2;;/q-1;2*-2;;. The summed E-state index contributed by atoms with van der Waals surface area (Å²) >= 11 is 0. The number of hydrogen-bond acceptors (Lipinski definition) is 3. The van der Waals surface area contributed by atoms with Gasteiger partial charge in [-0.05, 0) is 36.0 Å². The van der Waals surface area contributed by atoms with E-state index in [2.05, 4.69) is 64.5 Å². The van der Waals surface area contributed by atoms with Gasteiger partial charge in [0.15, 0.2) is 0 Å². The molecule has 3 nitrogen and oxygen atoms in total. The van der Waals surface area contributed by atoms with Crippen LogP contribution in [0.3, 0.4) is 0 Å². The Labute approximate surface area is 212 Å². The molecule has 1 fully saturated rings. The van der Waals surface area contributed by atoms with Crippen LogP contribution in [-0.2, 0) is 42.7 Å². The van der Waals surface area contributed by atoms with Gasteiger partial charge in [0.05, 0.1) is 7.11 Å². The molecule has 0 spiro atoms. The molecule has 31 heavy (non-hydrogen) atoms. The van der Waals surface area contributed by atoms with Crippen molar-refractivity contribution in [2.45, 2.75) is 33.6 Å². The summed E-state index contributed by atoms with van der Waals surface area (Å²) in [5.41, 5.74) is 2.68. The first-order chi connectivity index (χ1) is 13.8. The molecule has 3 unspecified atom stereocenters. The molecule has 3 aliphatic rings. The predicted octanol–water partition coefficient (Wildman–Crippen LogP) is 5.73. The molecule has 0 saturated heterocycles. The van der Waals surface area contributed by atoms with Gasteiger partial charge in [0.25, 0.3) is 0 Å². The summed E-state index contributed by atoms with van der Waals surface area (Å²) in [5.74, 6) is 3.24. The second-order valence-electron chi connectivity index (χ2n) is 8.04. The molecule has 5 heteroatoms. The minimum Gasteiger partial charge on any atom is -0.523 e. The van der Waals surface area contributed by atoms with Crippen LogP contribution < -0.4 is 4.74 Å². The van der Waals surface area contributed by atoms with Crippen LogP contribution in [0.15, 0.2) is 24.3 Å². The van der Waals surface area contributed by atoms with E-state index in [-0.39, 0.29) is 33.3 Å². The van der Waals surface area contributed by atoms with Crippen LogP contribution in [-0.4, -0.2) is 33.5 Å². The van der Waals surface area contributed by atoms with Gasteiger partial charge in [0, 0.05) is 45.6 Å². The molecule has 0 heterocycles. The number of aryl methyl sites for hydroxylation is 1. The van der Waals surface area contributed by atoms with E-state index in [0.29, 0.717) is 25.2 Å². The van der Waals surface area contributed by atoms with E-state index >= 15 is 0 Å². The average molecular weight is 517 g/mol. The van der Waals surface area contributed by atoms with E-state index in [0.717, 1.165) is 41.2 Å². The fourth-order valence-electron chi connectivity index (χ4n) is 3.88. The average Bonchev–Trinajstić information content (AvgIpc) is 2.72. The molecule has 0 amide bonds. The van der Waals surface area contributed by atoms with Crippen molar-refractivity contribution in [3.8, 4) is 5.75 Å². The largest absolute Gasteiger partial charge is 0.523 e. The summed E-state index contributed by atoms with van der Waals surface area (Å²) in [6.45, 7) is 23.7. The molecule has 1 radical (unpaired) electrons. The van der Waals surface area contributed by atoms with Crippen molar-refractivity contribution in [1.29, 1.82) is 0 Å². The maximum Gasteiger partial charge on any atom is 0.0743 e. The van der Waals surface area contributed by atoms with Crippen LogP contribution in [0.2, 0.25) is 0 Å². The van der Waals surface area contributed by atoms with E-state index in [1.54, 1.807) is 7.11 Å². The number of fused-ring (bicyclic) bond motifs is 1. The first-order valence-corrected chi connectivity index (χ1v) is 10.4. The molecule has 185 valence electrons. The number of rotatable bonds is 7. The Morgan fingerprint density at radius 3 is 2.13 bits per heavy atom. The summed E-state index contributed by atoms with van der Waals surface area (Å²) in [7, 11) is 1.63. The molecule has 0 N–H and O–H groups in total. The molecule has 0 aliphatic heterocycles. The Morgan fingerprint density at radius 1 is 1.10 bits per heavy atom. The third-order valence-corrected chi connectivity index (χ3v) is 6.02. The van der Waals surface area contributed by atoms with Crippen LogP contribution in [0.5, 0.6) is 5.75 Å². The topological polar surface area (TPSA) is 27.7 Å². The minimum absolute atomic E-state index is 0. The predicted molar refractivity (Wildman–Crippen MR) is 121 cm³/mol. The molecule has 0 aromatic heterocycles. The van der Waals surface area contributed by atoms with E-state index in [4.69, 9.17) is 9.47 Å². The smallest absolute Gasteiger partial charge is 0.0743 e. The molecular formula is C26H39CoNiO3-5. The zero-order valence-electron chi connectivity index (χ0n) is 19.5. The van der Waals surface area contributed by atoms with Gasteiger partial charge in [-0.15, -0.1) is 12.1 Å². The SMILES string of the molecule is [CH2-]COCCC1C=CC2CC1C2(C)C.[CH2-]COC[CH2-].[CH2-]c1cc(OC)[c-]cc1C.[Co].[Ni]. The van der Waals surface area contributed by atoms with Crippen molar-refractivity contribution in [3.63, 3.8) is 0 Å². The van der Waals surface area contributed by atoms with Crippen LogP contribution in [0.25, 0.3) is 0 Å². The van der Waals surface area contributed by atoms with E-state index in [1.807, 2.05) is 19.1 Å². The molecule has 1 aromatic carbocycles. The molecule has 1 aromatic rings. The van der Waals surface area contributed by atoms with E-state index in [1.165, 1.54) is 12.8 Å². The molecule has 2 bridgehead atoms. The summed E-state index contributed by atoms with van der Waals surface area (Å²) in [6, 6.07) is 6.71. The van der Waals surface area contributed by atoms with Crippen molar-refractivity contribution in [2.75, 3.05) is 33.5 Å². The summed E-state index contributed by atoms with van der Waals surface area (Å²) in [4.78, 5) is 0. The summed E-state index contributed by atoms with van der Waals surface area (Å²) in [5, 5.41) is 0. The number of methoxy groups -OCH3 is 1. The van der Waals surface area contributed by atoms with Crippen molar-refractivity contribution in [2.24, 2.45) is 23.2 Å². The third kappa shape index (κ3) is 10.4. The number of allylic oxidation sites excluding steroid dienone is 2. The van der Waals surface area contributed by atoms with Crippen LogP contribution >= 0.6 is 0 Å². The summed E-state index contributed by atoms with van der Waals surface area (Å²) in [6.07, 6.45) is 7.41. The monoisotopic (exact) mass is 516 g/mol. The van der Waals surface area contributed by atoms with Gasteiger partial charge in [-0.3, -0.25) is 0 Å². The van der Waals surface area contributed by atoms with E-state index in [9.17, 15) is 0 Å². The first kappa shape index (κ1) is 32.7. The zero-order chi connectivity index (χ0) is 21.9. The Kier molecular flexibility index (Phi) is 18.0. The Bertz CT molecular complexity index is 617. The fraction of sp³-hybridized carbons (Fsp3) is 0.538.